The highest BCUT2D eigenvalue weighted by atomic mass is 16.3. The van der Waals surface area contributed by atoms with Crippen LogP contribution < -0.4 is 0 Å². The van der Waals surface area contributed by atoms with Crippen molar-refractivity contribution in [2.45, 2.75) is 19.3 Å². The number of hydrogen-bond donors (Lipinski definition) is 0. The normalized spacial score (nSPS) is 13.2. The van der Waals surface area contributed by atoms with Crippen LogP contribution >= 0.6 is 0 Å². The topological polar surface area (TPSA) is 38.9 Å². The lowest BCUT2D eigenvalue weighted by atomic mass is 9.81. The zero-order valence-corrected chi connectivity index (χ0v) is 27.8. The Morgan fingerprint density at radius 3 is 1.90 bits per heavy atom. The number of hydrogen-bond acceptors (Lipinski definition) is 3. The highest BCUT2D eigenvalue weighted by Gasteiger charge is 2.36. The summed E-state index contributed by atoms with van der Waals surface area (Å²) in [4.78, 5) is 10.5. The van der Waals surface area contributed by atoms with Crippen LogP contribution in [0.25, 0.3) is 88.9 Å². The molecule has 0 fully saturated rings. The Kier molecular flexibility index (Phi) is 6.22. The highest BCUT2D eigenvalue weighted by Crippen LogP contribution is 2.53. The summed E-state index contributed by atoms with van der Waals surface area (Å²) in [6.07, 6.45) is 0. The lowest BCUT2D eigenvalue weighted by molar-refractivity contribution is 0.660. The van der Waals surface area contributed by atoms with Gasteiger partial charge in [-0.05, 0) is 68.4 Å². The first-order chi connectivity index (χ1) is 24.6. The molecule has 0 atom stereocenters. The highest BCUT2D eigenvalue weighted by molar-refractivity contribution is 6.10. The molecule has 2 heterocycles. The molecule has 50 heavy (non-hydrogen) atoms. The Morgan fingerprint density at radius 1 is 0.440 bits per heavy atom. The van der Waals surface area contributed by atoms with E-state index in [1.165, 1.54) is 38.8 Å². The SMILES string of the molecule is CC1(C)c2ccccc2-c2c(-c3ccc(-c4nc(-c5ccccc5)cc(-c5cccc6c5oc5ccccc56)n4)c4ccccc34)cccc21. The Labute approximate surface area is 290 Å². The van der Waals surface area contributed by atoms with Crippen molar-refractivity contribution in [1.29, 1.82) is 0 Å². The molecule has 236 valence electrons. The second kappa shape index (κ2) is 10.8. The molecule has 1 aliphatic rings. The number of furan rings is 1. The zero-order valence-electron chi connectivity index (χ0n) is 27.8. The summed E-state index contributed by atoms with van der Waals surface area (Å²) in [5.74, 6) is 0.682. The Morgan fingerprint density at radius 2 is 1.04 bits per heavy atom. The maximum atomic E-state index is 6.48. The molecule has 3 heteroatoms. The summed E-state index contributed by atoms with van der Waals surface area (Å²) in [6.45, 7) is 4.67. The molecule has 0 aliphatic heterocycles. The zero-order chi connectivity index (χ0) is 33.4. The number of para-hydroxylation sites is 2. The third-order valence-corrected chi connectivity index (χ3v) is 10.5. The van der Waals surface area contributed by atoms with Crippen molar-refractivity contribution < 1.29 is 4.42 Å². The van der Waals surface area contributed by atoms with Crippen molar-refractivity contribution in [3.8, 4) is 56.2 Å². The molecule has 0 bridgehead atoms. The number of nitrogens with zero attached hydrogens (tertiary/aromatic N) is 2. The summed E-state index contributed by atoms with van der Waals surface area (Å²) in [5, 5.41) is 4.47. The molecule has 0 unspecified atom stereocenters. The molecule has 9 aromatic rings. The van der Waals surface area contributed by atoms with Crippen LogP contribution in [-0.4, -0.2) is 9.97 Å². The van der Waals surface area contributed by atoms with Gasteiger partial charge in [-0.2, -0.15) is 0 Å². The maximum Gasteiger partial charge on any atom is 0.161 e. The van der Waals surface area contributed by atoms with Gasteiger partial charge in [0.05, 0.1) is 11.4 Å². The fourth-order valence-electron chi connectivity index (χ4n) is 8.12. The van der Waals surface area contributed by atoms with E-state index in [1.54, 1.807) is 0 Å². The van der Waals surface area contributed by atoms with Gasteiger partial charge in [0.1, 0.15) is 11.2 Å². The molecule has 0 saturated carbocycles. The Bertz CT molecular complexity index is 2790. The fraction of sp³-hybridized carbons (Fsp3) is 0.0638. The monoisotopic (exact) mass is 640 g/mol. The van der Waals surface area contributed by atoms with Crippen LogP contribution in [0.4, 0.5) is 0 Å². The second-order valence-electron chi connectivity index (χ2n) is 13.7. The van der Waals surface area contributed by atoms with Crippen molar-refractivity contribution >= 4 is 32.7 Å². The van der Waals surface area contributed by atoms with Crippen molar-refractivity contribution in [3.63, 3.8) is 0 Å². The summed E-state index contributed by atoms with van der Waals surface area (Å²) in [6, 6.07) is 55.7. The maximum absolute atomic E-state index is 6.48. The van der Waals surface area contributed by atoms with E-state index in [0.717, 1.165) is 55.4 Å². The van der Waals surface area contributed by atoms with E-state index in [4.69, 9.17) is 14.4 Å². The molecule has 3 nitrogen and oxygen atoms in total. The third-order valence-electron chi connectivity index (χ3n) is 10.5. The van der Waals surface area contributed by atoms with E-state index in [9.17, 15) is 0 Å². The molecular formula is C47H32N2O. The average molecular weight is 641 g/mol. The van der Waals surface area contributed by atoms with E-state index >= 15 is 0 Å². The summed E-state index contributed by atoms with van der Waals surface area (Å²) in [5.41, 5.74) is 14.2. The van der Waals surface area contributed by atoms with Crippen LogP contribution in [-0.2, 0) is 5.41 Å². The van der Waals surface area contributed by atoms with Crippen LogP contribution in [0.2, 0.25) is 0 Å². The molecule has 10 rings (SSSR count). The third kappa shape index (κ3) is 4.23. The molecular weight excluding hydrogens is 609 g/mol. The molecule has 1 aliphatic carbocycles. The molecule has 0 saturated heterocycles. The summed E-state index contributed by atoms with van der Waals surface area (Å²) >= 11 is 0. The fourth-order valence-corrected chi connectivity index (χ4v) is 8.12. The van der Waals surface area contributed by atoms with Crippen molar-refractivity contribution in [2.75, 3.05) is 0 Å². The van der Waals surface area contributed by atoms with Gasteiger partial charge in [0, 0.05) is 32.9 Å². The van der Waals surface area contributed by atoms with Gasteiger partial charge in [-0.3, -0.25) is 0 Å². The van der Waals surface area contributed by atoms with Gasteiger partial charge < -0.3 is 4.42 Å². The predicted octanol–water partition coefficient (Wildman–Crippen LogP) is 12.5. The molecule has 0 spiro atoms. The molecule has 0 radical (unpaired) electrons. The van der Waals surface area contributed by atoms with Crippen LogP contribution in [0.15, 0.2) is 162 Å². The van der Waals surface area contributed by atoms with Crippen molar-refractivity contribution in [2.24, 2.45) is 0 Å². The predicted molar refractivity (Wildman–Crippen MR) is 206 cm³/mol. The number of benzene rings is 7. The first kappa shape index (κ1) is 28.7. The van der Waals surface area contributed by atoms with E-state index < -0.39 is 0 Å². The minimum absolute atomic E-state index is 0.0670. The first-order valence-electron chi connectivity index (χ1n) is 17.2. The Hall–Kier alpha value is -6.32. The molecule has 0 N–H and O–H groups in total. The standard InChI is InChI=1S/C47H32N2O/c1-47(2)39-23-10-8-19-37(39)44-34(20-13-24-40(44)47)32-26-27-36(31-17-7-6-16-30(31)32)46-48-41(29-14-4-3-5-15-29)28-42(49-46)38-22-12-21-35-33-18-9-11-25-43(33)50-45(35)38/h3-28H,1-2H3. The minimum Gasteiger partial charge on any atom is -0.455 e. The van der Waals surface area contributed by atoms with Crippen molar-refractivity contribution in [1.82, 2.24) is 9.97 Å². The number of rotatable bonds is 4. The molecule has 7 aromatic carbocycles. The first-order valence-corrected chi connectivity index (χ1v) is 17.2. The van der Waals surface area contributed by atoms with Crippen LogP contribution in [0.5, 0.6) is 0 Å². The van der Waals surface area contributed by atoms with E-state index in [0.29, 0.717) is 5.82 Å². The van der Waals surface area contributed by atoms with E-state index in [1.807, 2.05) is 18.2 Å². The summed E-state index contributed by atoms with van der Waals surface area (Å²) in [7, 11) is 0. The summed E-state index contributed by atoms with van der Waals surface area (Å²) < 4.78 is 6.48. The van der Waals surface area contributed by atoms with Gasteiger partial charge in [0.25, 0.3) is 0 Å². The lowest BCUT2D eigenvalue weighted by Gasteiger charge is -2.21. The quantitative estimate of drug-likeness (QED) is 0.192. The van der Waals surface area contributed by atoms with Crippen molar-refractivity contribution in [3.05, 3.63) is 169 Å². The van der Waals surface area contributed by atoms with E-state index in [2.05, 4.69) is 153 Å². The second-order valence-corrected chi connectivity index (χ2v) is 13.7. The van der Waals surface area contributed by atoms with Gasteiger partial charge >= 0.3 is 0 Å². The van der Waals surface area contributed by atoms with Gasteiger partial charge in [-0.15, -0.1) is 0 Å². The smallest absolute Gasteiger partial charge is 0.161 e. The van der Waals surface area contributed by atoms with Gasteiger partial charge in [-0.25, -0.2) is 9.97 Å². The van der Waals surface area contributed by atoms with Crippen LogP contribution in [0, 0.1) is 0 Å². The molecule has 0 amide bonds. The minimum atomic E-state index is -0.0670. The lowest BCUT2D eigenvalue weighted by Crippen LogP contribution is -2.14. The Balaban J connectivity index is 1.21. The van der Waals surface area contributed by atoms with Gasteiger partial charge in [0.2, 0.25) is 0 Å². The number of aromatic nitrogens is 2. The van der Waals surface area contributed by atoms with Crippen LogP contribution in [0.1, 0.15) is 25.0 Å². The van der Waals surface area contributed by atoms with Gasteiger partial charge in [0.15, 0.2) is 5.82 Å². The largest absolute Gasteiger partial charge is 0.455 e. The average Bonchev–Trinajstić information content (AvgIpc) is 3.67. The van der Waals surface area contributed by atoms with Crippen LogP contribution in [0.3, 0.4) is 0 Å². The molecule has 2 aromatic heterocycles. The van der Waals surface area contributed by atoms with E-state index in [-0.39, 0.29) is 5.41 Å². The number of fused-ring (bicyclic) bond motifs is 7. The van der Waals surface area contributed by atoms with Gasteiger partial charge in [-0.1, -0.05) is 147 Å².